The van der Waals surface area contributed by atoms with E-state index in [1.54, 1.807) is 4.90 Å². The number of rotatable bonds is 3. The number of aromatic nitrogens is 2. The normalized spacial score (nSPS) is 27.9. The maximum atomic E-state index is 14.0. The van der Waals surface area contributed by atoms with Crippen molar-refractivity contribution in [2.24, 2.45) is 0 Å². The first-order valence-corrected chi connectivity index (χ1v) is 14.1. The van der Waals surface area contributed by atoms with Crippen molar-refractivity contribution in [2.75, 3.05) is 24.5 Å². The number of carbonyl (C=O) groups excluding carboxylic acids is 1. The van der Waals surface area contributed by atoms with Crippen molar-refractivity contribution in [1.29, 1.82) is 0 Å². The highest BCUT2D eigenvalue weighted by atomic mass is 16.4. The zero-order chi connectivity index (χ0) is 25.5. The molecule has 1 aliphatic carbocycles. The zero-order valence-corrected chi connectivity index (χ0v) is 21.4. The molecule has 1 aromatic heterocycles. The van der Waals surface area contributed by atoms with Crippen molar-refractivity contribution in [3.8, 4) is 0 Å². The molecule has 3 saturated heterocycles. The number of carbonyl (C=O) groups is 2. The third kappa shape index (κ3) is 4.51. The minimum atomic E-state index is -1.25. The second-order valence-electron chi connectivity index (χ2n) is 11.3. The number of fused-ring (bicyclic) bond motifs is 3. The summed E-state index contributed by atoms with van der Waals surface area (Å²) in [5, 5.41) is 9.28. The van der Waals surface area contributed by atoms with Crippen LogP contribution < -0.4 is 10.5 Å². The van der Waals surface area contributed by atoms with Crippen molar-refractivity contribution >= 4 is 28.9 Å². The number of para-hydroxylation sites is 2. The molecule has 1 N–H and O–H groups in total. The first kappa shape index (κ1) is 24.4. The van der Waals surface area contributed by atoms with Crippen LogP contribution in [0.1, 0.15) is 76.7 Å². The molecule has 37 heavy (non-hydrogen) atoms. The minimum absolute atomic E-state index is 0.0338. The van der Waals surface area contributed by atoms with Gasteiger partial charge >= 0.3 is 6.09 Å². The summed E-state index contributed by atoms with van der Waals surface area (Å²) < 4.78 is 1.95. The Balaban J connectivity index is 1.31. The fourth-order valence-corrected chi connectivity index (χ4v) is 7.49. The Morgan fingerprint density at radius 3 is 2.19 bits per heavy atom. The van der Waals surface area contributed by atoms with Crippen LogP contribution in [0.4, 0.5) is 10.6 Å². The summed E-state index contributed by atoms with van der Waals surface area (Å²) in [5.41, 5.74) is 1.41. The Kier molecular flexibility index (Phi) is 6.65. The molecule has 2 aromatic rings. The number of piperazine rings is 1. The highest BCUT2D eigenvalue weighted by Gasteiger charge is 2.45. The van der Waals surface area contributed by atoms with Gasteiger partial charge in [-0.25, -0.2) is 14.7 Å². The van der Waals surface area contributed by atoms with E-state index in [0.29, 0.717) is 18.1 Å². The van der Waals surface area contributed by atoms with Crippen LogP contribution in [0.25, 0.3) is 11.0 Å². The number of amides is 2. The van der Waals surface area contributed by atoms with Crippen molar-refractivity contribution in [1.82, 2.24) is 19.4 Å². The van der Waals surface area contributed by atoms with Crippen LogP contribution in [0.2, 0.25) is 0 Å². The number of benzene rings is 1. The van der Waals surface area contributed by atoms with Gasteiger partial charge in [0.1, 0.15) is 0 Å². The molecule has 9 heteroatoms. The first-order chi connectivity index (χ1) is 18.0. The van der Waals surface area contributed by atoms with Gasteiger partial charge in [0.25, 0.3) is 11.5 Å². The highest BCUT2D eigenvalue weighted by Crippen LogP contribution is 2.44. The lowest BCUT2D eigenvalue weighted by molar-refractivity contribution is -0.128. The van der Waals surface area contributed by atoms with E-state index in [1.807, 2.05) is 28.8 Å². The predicted molar refractivity (Wildman–Crippen MR) is 141 cm³/mol. The molecule has 9 nitrogen and oxygen atoms in total. The summed E-state index contributed by atoms with van der Waals surface area (Å²) in [6, 6.07) is 9.56. The Hall–Kier alpha value is -2.94. The van der Waals surface area contributed by atoms with E-state index in [2.05, 4.69) is 9.88 Å². The molecule has 6 rings (SSSR count). The summed E-state index contributed by atoms with van der Waals surface area (Å²) in [7, 11) is 0. The molecule has 4 fully saturated rings. The number of nitrogens with zero attached hydrogens (tertiary/aromatic N) is 5. The van der Waals surface area contributed by atoms with Gasteiger partial charge in [0.15, 0.2) is 5.82 Å². The fraction of sp³-hybridized carbons (Fsp3) is 0.643. The average molecular weight is 508 g/mol. The van der Waals surface area contributed by atoms with Crippen LogP contribution in [0.5, 0.6) is 0 Å². The van der Waals surface area contributed by atoms with Gasteiger partial charge in [0, 0.05) is 37.3 Å². The van der Waals surface area contributed by atoms with E-state index in [1.165, 1.54) is 57.8 Å². The number of hydrogen-bond donors (Lipinski definition) is 1. The standard InChI is InChI=1S/C28H37N5O4/c34-25-18-30(14-15-31(25)28(36)37)26-27(35)33(24-11-7-6-10-23(24)29-26)22-16-20-12-13-21(17-22)32(20)19-8-4-2-1-3-5-9-19/h6-7,10-11,19-22H,1-5,8-9,12-18H2,(H,36,37)/t20-,21+,22?. The lowest BCUT2D eigenvalue weighted by Gasteiger charge is -2.45. The summed E-state index contributed by atoms with van der Waals surface area (Å²) in [4.78, 5) is 47.8. The first-order valence-electron chi connectivity index (χ1n) is 14.1. The van der Waals surface area contributed by atoms with Crippen LogP contribution in [0, 0.1) is 0 Å². The molecule has 3 atom stereocenters. The lowest BCUT2D eigenvalue weighted by Crippen LogP contribution is -2.54. The predicted octanol–water partition coefficient (Wildman–Crippen LogP) is 4.00. The van der Waals surface area contributed by atoms with Crippen LogP contribution in [0.3, 0.4) is 0 Å². The number of carboxylic acid groups (broad SMARTS) is 1. The minimum Gasteiger partial charge on any atom is -0.465 e. The molecule has 4 heterocycles. The summed E-state index contributed by atoms with van der Waals surface area (Å²) in [6.07, 6.45) is 12.4. The molecule has 198 valence electrons. The summed E-state index contributed by atoms with van der Waals surface area (Å²) in [6.45, 7) is 0.147. The lowest BCUT2D eigenvalue weighted by atomic mass is 9.89. The molecule has 1 unspecified atom stereocenters. The van der Waals surface area contributed by atoms with E-state index in [-0.39, 0.29) is 37.1 Å². The van der Waals surface area contributed by atoms with E-state index in [4.69, 9.17) is 0 Å². The van der Waals surface area contributed by atoms with Crippen LogP contribution in [-0.2, 0) is 4.79 Å². The van der Waals surface area contributed by atoms with Crippen LogP contribution >= 0.6 is 0 Å². The smallest absolute Gasteiger partial charge is 0.414 e. The van der Waals surface area contributed by atoms with Gasteiger partial charge in [-0.05, 0) is 50.7 Å². The van der Waals surface area contributed by atoms with Crippen molar-refractivity contribution in [3.05, 3.63) is 34.6 Å². The van der Waals surface area contributed by atoms with Gasteiger partial charge in [0.05, 0.1) is 17.6 Å². The van der Waals surface area contributed by atoms with Gasteiger partial charge in [-0.3, -0.25) is 14.5 Å². The van der Waals surface area contributed by atoms with Gasteiger partial charge in [-0.15, -0.1) is 0 Å². The second kappa shape index (κ2) is 10.1. The zero-order valence-electron chi connectivity index (χ0n) is 21.4. The summed E-state index contributed by atoms with van der Waals surface area (Å²) >= 11 is 0. The Morgan fingerprint density at radius 2 is 1.51 bits per heavy atom. The molecule has 0 radical (unpaired) electrons. The van der Waals surface area contributed by atoms with Gasteiger partial charge in [0.2, 0.25) is 0 Å². The largest absolute Gasteiger partial charge is 0.465 e. The quantitative estimate of drug-likeness (QED) is 0.670. The molecule has 1 saturated carbocycles. The number of anilines is 1. The van der Waals surface area contributed by atoms with Crippen molar-refractivity contribution in [3.63, 3.8) is 0 Å². The molecular weight excluding hydrogens is 470 g/mol. The van der Waals surface area contributed by atoms with Gasteiger partial charge in [-0.1, -0.05) is 44.2 Å². The van der Waals surface area contributed by atoms with Crippen molar-refractivity contribution in [2.45, 2.75) is 94.8 Å². The van der Waals surface area contributed by atoms with Gasteiger partial charge in [-0.2, -0.15) is 0 Å². The summed E-state index contributed by atoms with van der Waals surface area (Å²) in [5.74, 6) is -0.267. The Bertz CT molecular complexity index is 1220. The highest BCUT2D eigenvalue weighted by molar-refractivity contribution is 5.94. The molecular formula is C28H37N5O4. The number of hydrogen-bond acceptors (Lipinski definition) is 6. The maximum Gasteiger partial charge on any atom is 0.414 e. The molecule has 3 aliphatic heterocycles. The molecule has 4 aliphatic rings. The third-order valence-corrected chi connectivity index (χ3v) is 9.16. The van der Waals surface area contributed by atoms with Crippen molar-refractivity contribution < 1.29 is 14.7 Å². The fourth-order valence-electron chi connectivity index (χ4n) is 7.49. The molecule has 2 bridgehead atoms. The van der Waals surface area contributed by atoms with Crippen LogP contribution in [-0.4, -0.2) is 74.2 Å². The SMILES string of the molecule is O=C(O)N1CCN(c2nc3ccccc3n(C3C[C@H]4CC[C@@H](C3)N4C3CCCCCCC3)c2=O)CC1=O. The Morgan fingerprint density at radius 1 is 0.838 bits per heavy atom. The maximum absolute atomic E-state index is 14.0. The Labute approximate surface area is 217 Å². The second-order valence-corrected chi connectivity index (χ2v) is 11.3. The molecule has 0 spiro atoms. The average Bonchev–Trinajstić information content (AvgIpc) is 3.12. The number of piperidine rings is 1. The van der Waals surface area contributed by atoms with Gasteiger partial charge < -0.3 is 14.6 Å². The number of imide groups is 1. The molecule has 1 aromatic carbocycles. The van der Waals surface area contributed by atoms with E-state index < -0.39 is 12.0 Å². The monoisotopic (exact) mass is 507 g/mol. The van der Waals surface area contributed by atoms with E-state index >= 15 is 0 Å². The molecule has 2 amide bonds. The van der Waals surface area contributed by atoms with Crippen LogP contribution in [0.15, 0.2) is 29.1 Å². The topological polar surface area (TPSA) is 99.0 Å². The third-order valence-electron chi connectivity index (χ3n) is 9.16. The van der Waals surface area contributed by atoms with E-state index in [0.717, 1.165) is 28.8 Å². The van der Waals surface area contributed by atoms with E-state index in [9.17, 15) is 19.5 Å².